The van der Waals surface area contributed by atoms with Crippen molar-refractivity contribution in [2.45, 2.75) is 13.0 Å². The summed E-state index contributed by atoms with van der Waals surface area (Å²) in [5, 5.41) is 6.04. The third-order valence-electron chi connectivity index (χ3n) is 5.22. The zero-order valence-electron chi connectivity index (χ0n) is 15.7. The van der Waals surface area contributed by atoms with Gasteiger partial charge in [0.25, 0.3) is 0 Å². The molecule has 0 aliphatic carbocycles. The third-order valence-corrected chi connectivity index (χ3v) is 5.45. The molecule has 1 aliphatic rings. The van der Waals surface area contributed by atoms with E-state index in [9.17, 15) is 4.39 Å². The van der Waals surface area contributed by atoms with Gasteiger partial charge < -0.3 is 10.2 Å². The Morgan fingerprint density at radius 1 is 1.07 bits per heavy atom. The van der Waals surface area contributed by atoms with E-state index in [1.807, 2.05) is 18.2 Å². The minimum atomic E-state index is -0.257. The van der Waals surface area contributed by atoms with Gasteiger partial charge in [0.2, 0.25) is 0 Å². The standard InChI is InChI=1S/C21H24ClFN4/c1-14(13-27-9-7-26(2)8-10-27)24-21-17-5-3-15(22)11-20(17)25-19-6-4-16(23)12-18(19)21/h3-6,11-12,14H,7-10,13H2,1-2H3,(H,24,25). The van der Waals surface area contributed by atoms with Crippen molar-refractivity contribution in [3.05, 3.63) is 47.2 Å². The van der Waals surface area contributed by atoms with Gasteiger partial charge in [0, 0.05) is 54.6 Å². The molecule has 1 unspecified atom stereocenters. The summed E-state index contributed by atoms with van der Waals surface area (Å²) in [7, 11) is 2.16. The van der Waals surface area contributed by atoms with E-state index in [4.69, 9.17) is 11.6 Å². The Bertz CT molecular complexity index is 969. The number of anilines is 1. The van der Waals surface area contributed by atoms with Gasteiger partial charge in [-0.25, -0.2) is 9.37 Å². The summed E-state index contributed by atoms with van der Waals surface area (Å²) in [5.74, 6) is -0.257. The van der Waals surface area contributed by atoms with Crippen molar-refractivity contribution in [3.63, 3.8) is 0 Å². The molecule has 3 aromatic rings. The molecule has 1 N–H and O–H groups in total. The smallest absolute Gasteiger partial charge is 0.124 e. The van der Waals surface area contributed by atoms with Crippen LogP contribution in [0.15, 0.2) is 36.4 Å². The summed E-state index contributed by atoms with van der Waals surface area (Å²) >= 11 is 6.16. The van der Waals surface area contributed by atoms with E-state index in [2.05, 4.69) is 34.1 Å². The SMILES string of the molecule is CC(CN1CCN(C)CC1)Nc1c2ccc(Cl)cc2nc2ccc(F)cc12. The minimum absolute atomic E-state index is 0.223. The number of aromatic nitrogens is 1. The van der Waals surface area contributed by atoms with Gasteiger partial charge in [0.15, 0.2) is 0 Å². The van der Waals surface area contributed by atoms with Crippen LogP contribution in [-0.2, 0) is 0 Å². The van der Waals surface area contributed by atoms with Gasteiger partial charge in [-0.15, -0.1) is 0 Å². The summed E-state index contributed by atoms with van der Waals surface area (Å²) in [6.45, 7) is 7.46. The van der Waals surface area contributed by atoms with Gasteiger partial charge in [0.05, 0.1) is 16.7 Å². The lowest BCUT2D eigenvalue weighted by molar-refractivity contribution is 0.151. The Balaban J connectivity index is 1.68. The van der Waals surface area contributed by atoms with E-state index in [0.717, 1.165) is 60.2 Å². The van der Waals surface area contributed by atoms with Crippen LogP contribution in [0.25, 0.3) is 21.8 Å². The topological polar surface area (TPSA) is 31.4 Å². The van der Waals surface area contributed by atoms with Crippen LogP contribution in [0.4, 0.5) is 10.1 Å². The number of rotatable bonds is 4. The molecule has 4 rings (SSSR count). The van der Waals surface area contributed by atoms with E-state index < -0.39 is 0 Å². The predicted molar refractivity (Wildman–Crippen MR) is 111 cm³/mol. The maximum Gasteiger partial charge on any atom is 0.124 e. The molecule has 1 saturated heterocycles. The molecule has 6 heteroatoms. The highest BCUT2D eigenvalue weighted by molar-refractivity contribution is 6.31. The van der Waals surface area contributed by atoms with Crippen LogP contribution in [0.2, 0.25) is 5.02 Å². The second kappa shape index (κ2) is 7.58. The number of piperazine rings is 1. The lowest BCUT2D eigenvalue weighted by Gasteiger charge is -2.34. The number of nitrogens with one attached hydrogen (secondary N) is 1. The predicted octanol–water partition coefficient (Wildman–Crippen LogP) is 4.23. The number of benzene rings is 2. The first-order valence-electron chi connectivity index (χ1n) is 9.35. The molecule has 2 aromatic carbocycles. The molecule has 0 spiro atoms. The number of hydrogen-bond acceptors (Lipinski definition) is 4. The Kier molecular flexibility index (Phi) is 5.17. The van der Waals surface area contributed by atoms with E-state index in [1.165, 1.54) is 6.07 Å². The molecule has 1 aromatic heterocycles. The molecule has 2 heterocycles. The summed E-state index contributed by atoms with van der Waals surface area (Å²) in [5.41, 5.74) is 2.50. The average molecular weight is 387 g/mol. The van der Waals surface area contributed by atoms with E-state index in [-0.39, 0.29) is 11.9 Å². The number of fused-ring (bicyclic) bond motifs is 2. The Morgan fingerprint density at radius 3 is 2.63 bits per heavy atom. The van der Waals surface area contributed by atoms with Crippen LogP contribution in [0.3, 0.4) is 0 Å². The summed E-state index contributed by atoms with van der Waals surface area (Å²) in [4.78, 5) is 9.49. The second-order valence-corrected chi connectivity index (χ2v) is 7.90. The maximum absolute atomic E-state index is 13.9. The number of likely N-dealkylation sites (N-methyl/N-ethyl adjacent to an activating group) is 1. The van der Waals surface area contributed by atoms with Crippen molar-refractivity contribution >= 4 is 39.1 Å². The van der Waals surface area contributed by atoms with Crippen LogP contribution in [0.1, 0.15) is 6.92 Å². The lowest BCUT2D eigenvalue weighted by atomic mass is 10.1. The largest absolute Gasteiger partial charge is 0.380 e. The Labute approximate surface area is 163 Å². The summed E-state index contributed by atoms with van der Waals surface area (Å²) in [6, 6.07) is 10.6. The molecule has 0 saturated carbocycles. The average Bonchev–Trinajstić information content (AvgIpc) is 2.63. The van der Waals surface area contributed by atoms with Crippen LogP contribution < -0.4 is 5.32 Å². The summed E-state index contributed by atoms with van der Waals surface area (Å²) in [6.07, 6.45) is 0. The van der Waals surface area contributed by atoms with Crippen LogP contribution >= 0.6 is 11.6 Å². The monoisotopic (exact) mass is 386 g/mol. The first-order valence-corrected chi connectivity index (χ1v) is 9.73. The quantitative estimate of drug-likeness (QED) is 0.680. The van der Waals surface area contributed by atoms with Crippen LogP contribution in [0, 0.1) is 5.82 Å². The van der Waals surface area contributed by atoms with E-state index >= 15 is 0 Å². The van der Waals surface area contributed by atoms with Gasteiger partial charge in [-0.2, -0.15) is 0 Å². The van der Waals surface area contributed by atoms with Gasteiger partial charge in [-0.05, 0) is 50.4 Å². The Hall–Kier alpha value is -1.95. The molecule has 0 bridgehead atoms. The number of pyridine rings is 1. The molecule has 27 heavy (non-hydrogen) atoms. The fourth-order valence-electron chi connectivity index (χ4n) is 3.75. The molecule has 4 nitrogen and oxygen atoms in total. The van der Waals surface area contributed by atoms with Crippen molar-refractivity contribution in [2.75, 3.05) is 45.1 Å². The normalized spacial score (nSPS) is 17.5. The zero-order chi connectivity index (χ0) is 19.0. The Morgan fingerprint density at radius 2 is 1.85 bits per heavy atom. The molecule has 1 aliphatic heterocycles. The van der Waals surface area contributed by atoms with E-state index in [1.54, 1.807) is 12.1 Å². The second-order valence-electron chi connectivity index (χ2n) is 7.46. The molecule has 1 fully saturated rings. The van der Waals surface area contributed by atoms with Crippen molar-refractivity contribution in [1.82, 2.24) is 14.8 Å². The van der Waals surface area contributed by atoms with Crippen molar-refractivity contribution in [1.29, 1.82) is 0 Å². The molecule has 142 valence electrons. The van der Waals surface area contributed by atoms with Gasteiger partial charge in [-0.3, -0.25) is 4.90 Å². The van der Waals surface area contributed by atoms with Crippen LogP contribution in [-0.4, -0.2) is 60.6 Å². The first kappa shape index (κ1) is 18.4. The minimum Gasteiger partial charge on any atom is -0.380 e. The van der Waals surface area contributed by atoms with Gasteiger partial charge in [-0.1, -0.05) is 11.6 Å². The van der Waals surface area contributed by atoms with Crippen LogP contribution in [0.5, 0.6) is 0 Å². The summed E-state index contributed by atoms with van der Waals surface area (Å²) < 4.78 is 13.9. The highest BCUT2D eigenvalue weighted by Gasteiger charge is 2.18. The fourth-order valence-corrected chi connectivity index (χ4v) is 3.92. The third kappa shape index (κ3) is 4.00. The zero-order valence-corrected chi connectivity index (χ0v) is 16.4. The highest BCUT2D eigenvalue weighted by Crippen LogP contribution is 2.33. The molecule has 0 amide bonds. The molecule has 1 atom stereocenters. The first-order chi connectivity index (χ1) is 13.0. The van der Waals surface area contributed by atoms with Gasteiger partial charge in [0.1, 0.15) is 5.82 Å². The van der Waals surface area contributed by atoms with Gasteiger partial charge >= 0.3 is 0 Å². The lowest BCUT2D eigenvalue weighted by Crippen LogP contribution is -2.47. The highest BCUT2D eigenvalue weighted by atomic mass is 35.5. The molecular formula is C21H24ClFN4. The van der Waals surface area contributed by atoms with E-state index in [0.29, 0.717) is 5.02 Å². The fraction of sp³-hybridized carbons (Fsp3) is 0.381. The number of nitrogens with zero attached hydrogens (tertiary/aromatic N) is 3. The number of hydrogen-bond donors (Lipinski definition) is 1. The molecular weight excluding hydrogens is 363 g/mol. The van der Waals surface area contributed by atoms with Crippen molar-refractivity contribution in [2.24, 2.45) is 0 Å². The molecule has 0 radical (unpaired) electrons. The van der Waals surface area contributed by atoms with Crippen molar-refractivity contribution in [3.8, 4) is 0 Å². The van der Waals surface area contributed by atoms with Crippen molar-refractivity contribution < 1.29 is 4.39 Å². The number of halogens is 2. The maximum atomic E-state index is 13.9.